The molecule has 0 radical (unpaired) electrons. The summed E-state index contributed by atoms with van der Waals surface area (Å²) in [6, 6.07) is 8.63. The van der Waals surface area contributed by atoms with Crippen LogP contribution in [0, 0.1) is 18.7 Å². The molecular formula is C22H22FN3O2. The highest BCUT2D eigenvalue weighted by Crippen LogP contribution is 2.41. The van der Waals surface area contributed by atoms with E-state index in [0.29, 0.717) is 39.9 Å². The zero-order chi connectivity index (χ0) is 19.4. The van der Waals surface area contributed by atoms with Crippen LogP contribution < -0.4 is 0 Å². The third kappa shape index (κ3) is 2.87. The van der Waals surface area contributed by atoms with Crippen molar-refractivity contribution in [3.05, 3.63) is 47.4 Å². The molecule has 144 valence electrons. The minimum Gasteiger partial charge on any atom is -0.335 e. The van der Waals surface area contributed by atoms with Crippen LogP contribution in [-0.2, 0) is 0 Å². The van der Waals surface area contributed by atoms with Gasteiger partial charge in [-0.1, -0.05) is 17.3 Å². The van der Waals surface area contributed by atoms with Gasteiger partial charge in [0.05, 0.1) is 22.3 Å². The van der Waals surface area contributed by atoms with Gasteiger partial charge in [0.25, 0.3) is 11.6 Å². The lowest BCUT2D eigenvalue weighted by Crippen LogP contribution is -2.41. The number of carbonyl (C=O) groups is 1. The van der Waals surface area contributed by atoms with E-state index in [1.807, 2.05) is 4.90 Å². The monoisotopic (exact) mass is 379 g/mol. The van der Waals surface area contributed by atoms with Crippen LogP contribution in [-0.4, -0.2) is 33.0 Å². The summed E-state index contributed by atoms with van der Waals surface area (Å²) in [6.07, 6.45) is 4.44. The van der Waals surface area contributed by atoms with Crippen molar-refractivity contribution in [3.63, 3.8) is 0 Å². The van der Waals surface area contributed by atoms with Crippen LogP contribution in [0.3, 0.4) is 0 Å². The Balaban J connectivity index is 1.66. The van der Waals surface area contributed by atoms with Gasteiger partial charge in [0.2, 0.25) is 0 Å². The number of amides is 1. The van der Waals surface area contributed by atoms with Gasteiger partial charge in [-0.15, -0.1) is 0 Å². The summed E-state index contributed by atoms with van der Waals surface area (Å²) in [5.74, 6) is 0.170. The first-order chi connectivity index (χ1) is 13.5. The standard InChI is InChI=1S/C22H22FN3O2/c1-12-20-17(22(27)26(15-9-10-15)13(2)14-7-8-14)11-19(24-21(20)28-25-12)16-5-3-4-6-18(16)23/h3-6,11,13-15H,7-10H2,1-2H3/t13-/m0/s1. The predicted molar refractivity (Wildman–Crippen MR) is 103 cm³/mol. The maximum absolute atomic E-state index is 14.4. The molecule has 6 heteroatoms. The van der Waals surface area contributed by atoms with Gasteiger partial charge in [-0.3, -0.25) is 4.79 Å². The van der Waals surface area contributed by atoms with Crippen molar-refractivity contribution < 1.29 is 13.7 Å². The first-order valence-electron chi connectivity index (χ1n) is 9.89. The van der Waals surface area contributed by atoms with Crippen LogP contribution >= 0.6 is 0 Å². The van der Waals surface area contributed by atoms with Gasteiger partial charge >= 0.3 is 0 Å². The van der Waals surface area contributed by atoms with Gasteiger partial charge in [0.1, 0.15) is 5.82 Å². The fourth-order valence-corrected chi connectivity index (χ4v) is 4.05. The Bertz CT molecular complexity index is 1070. The number of rotatable bonds is 5. The number of fused-ring (bicyclic) bond motifs is 1. The molecule has 2 fully saturated rings. The maximum Gasteiger partial charge on any atom is 0.259 e. The van der Waals surface area contributed by atoms with Gasteiger partial charge in [0, 0.05) is 17.6 Å². The van der Waals surface area contributed by atoms with Crippen molar-refractivity contribution in [1.82, 2.24) is 15.0 Å². The number of benzene rings is 1. The molecule has 0 spiro atoms. The molecule has 2 aromatic heterocycles. The lowest BCUT2D eigenvalue weighted by Gasteiger charge is -2.30. The summed E-state index contributed by atoms with van der Waals surface area (Å²) in [5.41, 5.74) is 2.14. The van der Waals surface area contributed by atoms with Crippen molar-refractivity contribution >= 4 is 17.0 Å². The number of hydrogen-bond donors (Lipinski definition) is 0. The topological polar surface area (TPSA) is 59.2 Å². The van der Waals surface area contributed by atoms with E-state index in [0.717, 1.165) is 12.8 Å². The van der Waals surface area contributed by atoms with Crippen LogP contribution in [0.15, 0.2) is 34.9 Å². The second-order valence-electron chi connectivity index (χ2n) is 8.00. The molecule has 1 amide bonds. The number of carbonyl (C=O) groups excluding carboxylic acids is 1. The smallest absolute Gasteiger partial charge is 0.259 e. The van der Waals surface area contributed by atoms with Gasteiger partial charge in [-0.25, -0.2) is 9.37 Å². The van der Waals surface area contributed by atoms with Crippen molar-refractivity contribution in [2.45, 2.75) is 51.6 Å². The average Bonchev–Trinajstić information content (AvgIpc) is 3.60. The first-order valence-corrected chi connectivity index (χ1v) is 9.89. The molecular weight excluding hydrogens is 357 g/mol. The molecule has 2 saturated carbocycles. The summed E-state index contributed by atoms with van der Waals surface area (Å²) in [6.45, 7) is 3.95. The SMILES string of the molecule is Cc1noc2nc(-c3ccccc3F)cc(C(=O)N(C3CC3)[C@@H](C)C3CC3)c12. The Morgan fingerprint density at radius 3 is 2.68 bits per heavy atom. The van der Waals surface area contributed by atoms with E-state index in [1.165, 1.54) is 18.9 Å². The summed E-state index contributed by atoms with van der Waals surface area (Å²) >= 11 is 0. The minimum absolute atomic E-state index is 0.0295. The first kappa shape index (κ1) is 17.3. The van der Waals surface area contributed by atoms with Crippen LogP contribution in [0.4, 0.5) is 4.39 Å². The number of aryl methyl sites for hydroxylation is 1. The minimum atomic E-state index is -0.380. The fourth-order valence-electron chi connectivity index (χ4n) is 4.05. The average molecular weight is 379 g/mol. The van der Waals surface area contributed by atoms with Crippen LogP contribution in [0.2, 0.25) is 0 Å². The zero-order valence-electron chi connectivity index (χ0n) is 16.0. The van der Waals surface area contributed by atoms with Gasteiger partial charge in [-0.2, -0.15) is 0 Å². The molecule has 5 rings (SSSR count). The van der Waals surface area contributed by atoms with Gasteiger partial charge in [0.15, 0.2) is 0 Å². The molecule has 1 atom stereocenters. The highest BCUT2D eigenvalue weighted by molar-refractivity contribution is 6.07. The van der Waals surface area contributed by atoms with Crippen molar-refractivity contribution in [2.75, 3.05) is 0 Å². The molecule has 0 unspecified atom stereocenters. The second-order valence-corrected chi connectivity index (χ2v) is 8.00. The quantitative estimate of drug-likeness (QED) is 0.642. The summed E-state index contributed by atoms with van der Waals surface area (Å²) < 4.78 is 19.7. The van der Waals surface area contributed by atoms with Crippen LogP contribution in [0.25, 0.3) is 22.4 Å². The summed E-state index contributed by atoms with van der Waals surface area (Å²) in [4.78, 5) is 20.1. The molecule has 0 N–H and O–H groups in total. The van der Waals surface area contributed by atoms with E-state index in [2.05, 4.69) is 17.1 Å². The predicted octanol–water partition coefficient (Wildman–Crippen LogP) is 4.74. The van der Waals surface area contributed by atoms with E-state index >= 15 is 0 Å². The maximum atomic E-state index is 14.4. The second kappa shape index (κ2) is 6.40. The van der Waals surface area contributed by atoms with Crippen LogP contribution in [0.5, 0.6) is 0 Å². The van der Waals surface area contributed by atoms with Crippen LogP contribution in [0.1, 0.15) is 48.7 Å². The molecule has 0 saturated heterocycles. The lowest BCUT2D eigenvalue weighted by molar-refractivity contribution is 0.0656. The van der Waals surface area contributed by atoms with E-state index in [9.17, 15) is 9.18 Å². The molecule has 0 aliphatic heterocycles. The van der Waals surface area contributed by atoms with E-state index in [4.69, 9.17) is 4.52 Å². The number of halogens is 1. The number of pyridine rings is 1. The summed E-state index contributed by atoms with van der Waals surface area (Å²) in [5, 5.41) is 4.63. The number of hydrogen-bond acceptors (Lipinski definition) is 4. The molecule has 0 bridgehead atoms. The normalized spacial score (nSPS) is 17.7. The van der Waals surface area contributed by atoms with Crippen molar-refractivity contribution in [1.29, 1.82) is 0 Å². The molecule has 3 aromatic rings. The Labute approximate surface area is 162 Å². The Hall–Kier alpha value is -2.76. The number of aromatic nitrogens is 2. The van der Waals surface area contributed by atoms with E-state index in [-0.39, 0.29) is 23.5 Å². The molecule has 2 heterocycles. The zero-order valence-corrected chi connectivity index (χ0v) is 16.0. The fraction of sp³-hybridized carbons (Fsp3) is 0.409. The van der Waals surface area contributed by atoms with Gasteiger partial charge < -0.3 is 9.42 Å². The Kier molecular flexibility index (Phi) is 3.96. The summed E-state index contributed by atoms with van der Waals surface area (Å²) in [7, 11) is 0. The van der Waals surface area contributed by atoms with E-state index < -0.39 is 0 Å². The molecule has 28 heavy (non-hydrogen) atoms. The highest BCUT2D eigenvalue weighted by Gasteiger charge is 2.42. The number of nitrogens with zero attached hydrogens (tertiary/aromatic N) is 3. The van der Waals surface area contributed by atoms with Crippen molar-refractivity contribution in [3.8, 4) is 11.3 Å². The molecule has 5 nitrogen and oxygen atoms in total. The third-order valence-corrected chi connectivity index (χ3v) is 5.92. The highest BCUT2D eigenvalue weighted by atomic mass is 19.1. The Morgan fingerprint density at radius 2 is 2.00 bits per heavy atom. The third-order valence-electron chi connectivity index (χ3n) is 5.92. The van der Waals surface area contributed by atoms with Gasteiger partial charge in [-0.05, 0) is 63.6 Å². The molecule has 2 aliphatic rings. The van der Waals surface area contributed by atoms with E-state index in [1.54, 1.807) is 31.2 Å². The molecule has 2 aliphatic carbocycles. The Morgan fingerprint density at radius 1 is 1.25 bits per heavy atom. The lowest BCUT2D eigenvalue weighted by atomic mass is 10.0. The largest absolute Gasteiger partial charge is 0.335 e. The molecule has 1 aromatic carbocycles. The van der Waals surface area contributed by atoms with Crippen molar-refractivity contribution in [2.24, 2.45) is 5.92 Å².